The molecule has 0 N–H and O–H groups in total. The van der Waals surface area contributed by atoms with E-state index in [2.05, 4.69) is 11.0 Å². The molecule has 0 spiro atoms. The summed E-state index contributed by atoms with van der Waals surface area (Å²) in [7, 11) is 0. The molecule has 0 unspecified atom stereocenters. The number of para-hydroxylation sites is 1. The number of carbonyl (C=O) groups is 1. The number of nitrogens with zero attached hydrogens (tertiary/aromatic N) is 1. The van der Waals surface area contributed by atoms with Gasteiger partial charge < -0.3 is 9.47 Å². The number of ether oxygens (including phenoxy) is 2. The summed E-state index contributed by atoms with van der Waals surface area (Å²) in [5.41, 5.74) is 3.10. The molecule has 110 valence electrons. The summed E-state index contributed by atoms with van der Waals surface area (Å²) < 4.78 is 11.1. The van der Waals surface area contributed by atoms with Gasteiger partial charge in [-0.15, -0.1) is 11.8 Å². The molecule has 0 bridgehead atoms. The zero-order chi connectivity index (χ0) is 14.4. The topological polar surface area (TPSA) is 38.8 Å². The molecule has 0 radical (unpaired) electrons. The van der Waals surface area contributed by atoms with Crippen LogP contribution in [0.15, 0.2) is 35.4 Å². The van der Waals surface area contributed by atoms with Crippen LogP contribution in [0.4, 0.5) is 0 Å². The maximum atomic E-state index is 12.4. The van der Waals surface area contributed by atoms with Crippen molar-refractivity contribution < 1.29 is 14.3 Å². The quantitative estimate of drug-likeness (QED) is 0.784. The Morgan fingerprint density at radius 2 is 2.33 bits per heavy atom. The van der Waals surface area contributed by atoms with E-state index in [0.29, 0.717) is 13.2 Å². The summed E-state index contributed by atoms with van der Waals surface area (Å²) in [4.78, 5) is 14.8. The Hall–Kier alpha value is -1.46. The van der Waals surface area contributed by atoms with Gasteiger partial charge in [0.15, 0.2) is 0 Å². The first-order valence-corrected chi connectivity index (χ1v) is 8.42. The van der Waals surface area contributed by atoms with E-state index >= 15 is 0 Å². The predicted octanol–water partition coefficient (Wildman–Crippen LogP) is 2.37. The Labute approximate surface area is 128 Å². The van der Waals surface area contributed by atoms with Crippen LogP contribution >= 0.6 is 11.8 Å². The third kappa shape index (κ3) is 1.91. The largest absolute Gasteiger partial charge is 0.489 e. The molecule has 0 amide bonds. The van der Waals surface area contributed by atoms with Gasteiger partial charge >= 0.3 is 5.97 Å². The van der Waals surface area contributed by atoms with Gasteiger partial charge in [0, 0.05) is 22.8 Å². The fourth-order valence-corrected chi connectivity index (χ4v) is 4.74. The molecule has 4 nitrogen and oxygen atoms in total. The van der Waals surface area contributed by atoms with E-state index in [1.165, 1.54) is 5.56 Å². The van der Waals surface area contributed by atoms with Gasteiger partial charge in [0.1, 0.15) is 12.4 Å². The van der Waals surface area contributed by atoms with Gasteiger partial charge in [0.05, 0.1) is 24.3 Å². The van der Waals surface area contributed by atoms with Gasteiger partial charge in [-0.25, -0.2) is 4.79 Å². The molecule has 0 saturated carbocycles. The molecule has 21 heavy (non-hydrogen) atoms. The zero-order valence-electron chi connectivity index (χ0n) is 11.9. The van der Waals surface area contributed by atoms with Crippen molar-refractivity contribution in [3.8, 4) is 5.75 Å². The van der Waals surface area contributed by atoms with Gasteiger partial charge in [0.2, 0.25) is 0 Å². The van der Waals surface area contributed by atoms with Crippen LogP contribution in [0, 0.1) is 0 Å². The average molecular weight is 303 g/mol. The number of hydrogen-bond donors (Lipinski definition) is 0. The molecule has 5 heteroatoms. The third-order valence-corrected chi connectivity index (χ3v) is 5.38. The van der Waals surface area contributed by atoms with Crippen molar-refractivity contribution in [3.05, 3.63) is 41.0 Å². The molecule has 4 rings (SSSR count). The Morgan fingerprint density at radius 1 is 1.48 bits per heavy atom. The van der Waals surface area contributed by atoms with Crippen LogP contribution in [0.2, 0.25) is 0 Å². The zero-order valence-corrected chi connectivity index (χ0v) is 12.7. The van der Waals surface area contributed by atoms with E-state index in [4.69, 9.17) is 9.47 Å². The smallest absolute Gasteiger partial charge is 0.335 e. The standard InChI is InChI=1S/C16H17NO3S/c1-2-19-16(18)14-11-7-20-13-6-4-3-5-10(13)15(11)17-9-21-8-12(14)17/h3-6,12,15H,2,7-9H2,1H3/t12-,15-/m1/s1. The molecule has 0 aliphatic carbocycles. The number of rotatable bonds is 2. The molecular weight excluding hydrogens is 286 g/mol. The normalized spacial score (nSPS) is 26.9. The van der Waals surface area contributed by atoms with E-state index in [-0.39, 0.29) is 18.1 Å². The van der Waals surface area contributed by atoms with E-state index in [9.17, 15) is 4.79 Å². The lowest BCUT2D eigenvalue weighted by atomic mass is 9.95. The lowest BCUT2D eigenvalue weighted by Crippen LogP contribution is -2.32. The van der Waals surface area contributed by atoms with Gasteiger partial charge in [-0.3, -0.25) is 4.90 Å². The third-order valence-electron chi connectivity index (χ3n) is 4.35. The summed E-state index contributed by atoms with van der Waals surface area (Å²) in [6, 6.07) is 8.48. The highest BCUT2D eigenvalue weighted by atomic mass is 32.2. The van der Waals surface area contributed by atoms with E-state index < -0.39 is 0 Å². The van der Waals surface area contributed by atoms with Crippen molar-refractivity contribution in [2.24, 2.45) is 0 Å². The number of fused-ring (bicyclic) bond motifs is 5. The van der Waals surface area contributed by atoms with Crippen LogP contribution < -0.4 is 4.74 Å². The van der Waals surface area contributed by atoms with Gasteiger partial charge in [-0.1, -0.05) is 18.2 Å². The summed E-state index contributed by atoms with van der Waals surface area (Å²) in [5.74, 6) is 2.68. The van der Waals surface area contributed by atoms with E-state index in [1.54, 1.807) is 0 Å². The molecule has 3 heterocycles. The maximum Gasteiger partial charge on any atom is 0.335 e. The fraction of sp³-hybridized carbons (Fsp3) is 0.438. The summed E-state index contributed by atoms with van der Waals surface area (Å²) >= 11 is 1.88. The first-order chi connectivity index (χ1) is 10.3. The highest BCUT2D eigenvalue weighted by Crippen LogP contribution is 2.50. The van der Waals surface area contributed by atoms with Gasteiger partial charge in [-0.2, -0.15) is 0 Å². The van der Waals surface area contributed by atoms with E-state index in [0.717, 1.165) is 28.5 Å². The molecule has 3 aliphatic heterocycles. The van der Waals surface area contributed by atoms with Crippen LogP contribution in [0.3, 0.4) is 0 Å². The maximum absolute atomic E-state index is 12.4. The predicted molar refractivity (Wildman–Crippen MR) is 81.3 cm³/mol. The molecular formula is C16H17NO3S. The van der Waals surface area contributed by atoms with Crippen molar-refractivity contribution in [2.45, 2.75) is 19.0 Å². The summed E-state index contributed by atoms with van der Waals surface area (Å²) in [6.45, 7) is 2.76. The van der Waals surface area contributed by atoms with Gasteiger partial charge in [0.25, 0.3) is 0 Å². The van der Waals surface area contributed by atoms with Crippen LogP contribution in [-0.2, 0) is 9.53 Å². The van der Waals surface area contributed by atoms with Crippen molar-refractivity contribution in [1.29, 1.82) is 0 Å². The first-order valence-electron chi connectivity index (χ1n) is 7.26. The number of carbonyl (C=O) groups excluding carboxylic acids is 1. The fourth-order valence-electron chi connectivity index (χ4n) is 3.51. The Morgan fingerprint density at radius 3 is 3.19 bits per heavy atom. The number of thioether (sulfide) groups is 1. The number of hydrogen-bond acceptors (Lipinski definition) is 5. The minimum absolute atomic E-state index is 0.170. The summed E-state index contributed by atoms with van der Waals surface area (Å²) in [5, 5.41) is 0. The highest BCUT2D eigenvalue weighted by Gasteiger charge is 2.49. The Kier molecular flexibility index (Phi) is 3.19. The van der Waals surface area contributed by atoms with Gasteiger partial charge in [-0.05, 0) is 13.0 Å². The molecule has 1 aromatic rings. The number of benzene rings is 1. The molecule has 1 fully saturated rings. The lowest BCUT2D eigenvalue weighted by molar-refractivity contribution is -0.139. The second-order valence-electron chi connectivity index (χ2n) is 5.42. The molecule has 1 saturated heterocycles. The Balaban J connectivity index is 1.82. The minimum atomic E-state index is -0.171. The van der Waals surface area contributed by atoms with Crippen molar-refractivity contribution in [3.63, 3.8) is 0 Å². The second-order valence-corrected chi connectivity index (χ2v) is 6.42. The monoisotopic (exact) mass is 303 g/mol. The SMILES string of the molecule is CCOC(=O)C1=C2COc3ccccc3[C@H]2N2CSC[C@H]12. The summed E-state index contributed by atoms with van der Waals surface area (Å²) in [6.07, 6.45) is 0. The first kappa shape index (κ1) is 13.2. The molecule has 2 atom stereocenters. The van der Waals surface area contributed by atoms with Crippen LogP contribution in [-0.4, -0.2) is 41.8 Å². The minimum Gasteiger partial charge on any atom is -0.489 e. The van der Waals surface area contributed by atoms with E-state index in [1.807, 2.05) is 36.9 Å². The van der Waals surface area contributed by atoms with Crippen molar-refractivity contribution in [1.82, 2.24) is 4.90 Å². The van der Waals surface area contributed by atoms with Crippen molar-refractivity contribution >= 4 is 17.7 Å². The number of esters is 1. The van der Waals surface area contributed by atoms with Crippen LogP contribution in [0.5, 0.6) is 5.75 Å². The average Bonchev–Trinajstić information content (AvgIpc) is 3.06. The van der Waals surface area contributed by atoms with Crippen LogP contribution in [0.1, 0.15) is 18.5 Å². The molecule has 1 aromatic carbocycles. The molecule has 0 aromatic heterocycles. The molecule has 3 aliphatic rings. The van der Waals surface area contributed by atoms with Crippen LogP contribution in [0.25, 0.3) is 0 Å². The van der Waals surface area contributed by atoms with Crippen molar-refractivity contribution in [2.75, 3.05) is 24.8 Å². The Bertz CT molecular complexity index is 628. The second kappa shape index (κ2) is 5.07. The lowest BCUT2D eigenvalue weighted by Gasteiger charge is -2.31. The highest BCUT2D eigenvalue weighted by molar-refractivity contribution is 7.99.